The molecule has 0 aliphatic heterocycles. The summed E-state index contributed by atoms with van der Waals surface area (Å²) >= 11 is 6.18. The molecule has 0 amide bonds. The highest BCUT2D eigenvalue weighted by Crippen LogP contribution is 2.29. The topological polar surface area (TPSA) is 32.7 Å². The number of halogens is 1. The van der Waals surface area contributed by atoms with Crippen LogP contribution in [0.4, 0.5) is 5.69 Å². The number of rotatable bonds is 6. The number of methoxy groups -OCH3 is 1. The van der Waals surface area contributed by atoms with Crippen LogP contribution in [0.5, 0.6) is 11.5 Å². The summed E-state index contributed by atoms with van der Waals surface area (Å²) in [4.78, 5) is 2.22. The van der Waals surface area contributed by atoms with Crippen molar-refractivity contribution in [2.24, 2.45) is 0 Å². The summed E-state index contributed by atoms with van der Waals surface area (Å²) in [5, 5.41) is 10.7. The molecule has 0 aromatic heterocycles. The van der Waals surface area contributed by atoms with E-state index in [2.05, 4.69) is 17.0 Å². The summed E-state index contributed by atoms with van der Waals surface area (Å²) in [6.45, 7) is 1.39. The van der Waals surface area contributed by atoms with Crippen LogP contribution < -0.4 is 9.64 Å². The van der Waals surface area contributed by atoms with Gasteiger partial charge in [-0.25, -0.2) is 0 Å². The van der Waals surface area contributed by atoms with Crippen molar-refractivity contribution >= 4 is 17.3 Å². The van der Waals surface area contributed by atoms with Gasteiger partial charge in [0.1, 0.15) is 0 Å². The van der Waals surface area contributed by atoms with Crippen LogP contribution in [0.25, 0.3) is 0 Å². The largest absolute Gasteiger partial charge is 0.504 e. The average Bonchev–Trinajstić information content (AvgIpc) is 2.62. The van der Waals surface area contributed by atoms with Crippen molar-refractivity contribution in [3.63, 3.8) is 0 Å². The van der Waals surface area contributed by atoms with Crippen molar-refractivity contribution < 1.29 is 9.84 Å². The zero-order valence-electron chi connectivity index (χ0n) is 14.0. The Balaban J connectivity index is 1.89. The predicted octanol–water partition coefficient (Wildman–Crippen LogP) is 5.26. The number of hydrogen-bond acceptors (Lipinski definition) is 3. The molecule has 0 saturated heterocycles. The molecule has 0 radical (unpaired) electrons. The van der Waals surface area contributed by atoms with Crippen molar-refractivity contribution in [1.82, 2.24) is 0 Å². The maximum atomic E-state index is 10.0. The third kappa shape index (κ3) is 4.46. The van der Waals surface area contributed by atoms with Gasteiger partial charge in [0, 0.05) is 23.8 Å². The van der Waals surface area contributed by atoms with Crippen molar-refractivity contribution in [2.45, 2.75) is 13.1 Å². The van der Waals surface area contributed by atoms with Gasteiger partial charge < -0.3 is 14.7 Å². The van der Waals surface area contributed by atoms with E-state index in [1.165, 1.54) is 5.56 Å². The first kappa shape index (κ1) is 17.2. The number of aromatic hydroxyl groups is 1. The molecule has 1 N–H and O–H groups in total. The summed E-state index contributed by atoms with van der Waals surface area (Å²) in [6, 6.07) is 23.6. The number of hydrogen-bond donors (Lipinski definition) is 1. The summed E-state index contributed by atoms with van der Waals surface area (Å²) in [5.41, 5.74) is 3.24. The number of anilines is 1. The molecule has 4 heteroatoms. The first-order chi connectivity index (χ1) is 12.2. The average molecular weight is 354 g/mol. The fourth-order valence-corrected chi connectivity index (χ4v) is 2.95. The fraction of sp³-hybridized carbons (Fsp3) is 0.143. The lowest BCUT2D eigenvalue weighted by molar-refractivity contribution is 0.373. The molecule has 0 saturated carbocycles. The Morgan fingerprint density at radius 3 is 2.32 bits per heavy atom. The van der Waals surface area contributed by atoms with Crippen LogP contribution in [0.1, 0.15) is 11.1 Å². The third-order valence-corrected chi connectivity index (χ3v) is 4.24. The van der Waals surface area contributed by atoms with Gasteiger partial charge in [-0.05, 0) is 41.5 Å². The molecule has 0 fully saturated rings. The Morgan fingerprint density at radius 2 is 1.64 bits per heavy atom. The number of nitrogens with zero attached hydrogens (tertiary/aromatic N) is 1. The molecule has 0 unspecified atom stereocenters. The Morgan fingerprint density at radius 1 is 0.880 bits per heavy atom. The van der Waals surface area contributed by atoms with Gasteiger partial charge in [-0.15, -0.1) is 0 Å². The van der Waals surface area contributed by atoms with Crippen LogP contribution >= 0.6 is 11.6 Å². The van der Waals surface area contributed by atoms with Crippen LogP contribution in [-0.4, -0.2) is 12.2 Å². The standard InChI is InChI=1S/C21H20ClNO2/c1-25-21-11-10-17(12-20(21)24)15-23(14-16-6-3-2-4-7-16)19-9-5-8-18(22)13-19/h2-13,24H,14-15H2,1H3. The van der Waals surface area contributed by atoms with Crippen LogP contribution in [0.2, 0.25) is 5.02 Å². The van der Waals surface area contributed by atoms with Crippen molar-refractivity contribution in [2.75, 3.05) is 12.0 Å². The molecule has 0 aliphatic carbocycles. The highest BCUT2D eigenvalue weighted by atomic mass is 35.5. The maximum Gasteiger partial charge on any atom is 0.160 e. The van der Waals surface area contributed by atoms with E-state index in [-0.39, 0.29) is 5.75 Å². The van der Waals surface area contributed by atoms with Crippen LogP contribution in [0.3, 0.4) is 0 Å². The monoisotopic (exact) mass is 353 g/mol. The zero-order chi connectivity index (χ0) is 17.6. The zero-order valence-corrected chi connectivity index (χ0v) is 14.8. The lowest BCUT2D eigenvalue weighted by Gasteiger charge is -2.25. The van der Waals surface area contributed by atoms with E-state index in [1.807, 2.05) is 48.5 Å². The first-order valence-electron chi connectivity index (χ1n) is 8.06. The van der Waals surface area contributed by atoms with Gasteiger partial charge in [0.2, 0.25) is 0 Å². The summed E-state index contributed by atoms with van der Waals surface area (Å²) < 4.78 is 5.12. The minimum absolute atomic E-state index is 0.144. The summed E-state index contributed by atoms with van der Waals surface area (Å²) in [7, 11) is 1.54. The minimum atomic E-state index is 0.144. The molecular weight excluding hydrogens is 334 g/mol. The van der Waals surface area contributed by atoms with Crippen LogP contribution in [0.15, 0.2) is 72.8 Å². The Bertz CT molecular complexity index is 836. The summed E-state index contributed by atoms with van der Waals surface area (Å²) in [6.07, 6.45) is 0. The van der Waals surface area contributed by atoms with Crippen molar-refractivity contribution in [3.05, 3.63) is 88.9 Å². The molecule has 3 aromatic carbocycles. The van der Waals surface area contributed by atoms with Gasteiger partial charge in [0.15, 0.2) is 11.5 Å². The number of benzene rings is 3. The molecule has 3 rings (SSSR count). The van der Waals surface area contributed by atoms with E-state index in [0.717, 1.165) is 17.8 Å². The lowest BCUT2D eigenvalue weighted by atomic mass is 10.1. The lowest BCUT2D eigenvalue weighted by Crippen LogP contribution is -2.22. The molecule has 0 atom stereocenters. The molecule has 0 aliphatic rings. The number of phenolic OH excluding ortho intramolecular Hbond substituents is 1. The maximum absolute atomic E-state index is 10.0. The molecule has 3 nitrogen and oxygen atoms in total. The van der Waals surface area contributed by atoms with E-state index < -0.39 is 0 Å². The normalized spacial score (nSPS) is 10.5. The molecule has 3 aromatic rings. The highest BCUT2D eigenvalue weighted by Gasteiger charge is 2.11. The third-order valence-electron chi connectivity index (χ3n) is 4.01. The van der Waals surface area contributed by atoms with E-state index in [0.29, 0.717) is 17.3 Å². The fourth-order valence-electron chi connectivity index (χ4n) is 2.77. The second-order valence-electron chi connectivity index (χ2n) is 5.83. The SMILES string of the molecule is COc1ccc(CN(Cc2ccccc2)c2cccc(Cl)c2)cc1O. The molecule has 25 heavy (non-hydrogen) atoms. The van der Waals surface area contributed by atoms with Gasteiger partial charge in [0.25, 0.3) is 0 Å². The van der Waals surface area contributed by atoms with Crippen molar-refractivity contribution in [1.29, 1.82) is 0 Å². The van der Waals surface area contributed by atoms with Gasteiger partial charge in [-0.1, -0.05) is 54.1 Å². The first-order valence-corrected chi connectivity index (χ1v) is 8.44. The van der Waals surface area contributed by atoms with E-state index in [1.54, 1.807) is 19.2 Å². The van der Waals surface area contributed by atoms with E-state index >= 15 is 0 Å². The molecular formula is C21H20ClNO2. The molecule has 0 spiro atoms. The molecule has 128 valence electrons. The smallest absolute Gasteiger partial charge is 0.160 e. The minimum Gasteiger partial charge on any atom is -0.504 e. The Hall–Kier alpha value is -2.65. The Labute approximate surface area is 153 Å². The Kier molecular flexibility index (Phi) is 5.46. The highest BCUT2D eigenvalue weighted by molar-refractivity contribution is 6.30. The van der Waals surface area contributed by atoms with Gasteiger partial charge in [-0.2, -0.15) is 0 Å². The predicted molar refractivity (Wildman–Crippen MR) is 102 cm³/mol. The van der Waals surface area contributed by atoms with E-state index in [9.17, 15) is 5.11 Å². The number of phenols is 1. The van der Waals surface area contributed by atoms with Crippen molar-refractivity contribution in [3.8, 4) is 11.5 Å². The molecule has 0 bridgehead atoms. The van der Waals surface area contributed by atoms with Crippen LogP contribution in [-0.2, 0) is 13.1 Å². The van der Waals surface area contributed by atoms with Gasteiger partial charge in [0.05, 0.1) is 7.11 Å². The number of ether oxygens (including phenoxy) is 1. The summed E-state index contributed by atoms with van der Waals surface area (Å²) in [5.74, 6) is 0.617. The molecule has 0 heterocycles. The van der Waals surface area contributed by atoms with Gasteiger partial charge >= 0.3 is 0 Å². The second kappa shape index (κ2) is 7.95. The van der Waals surface area contributed by atoms with E-state index in [4.69, 9.17) is 16.3 Å². The van der Waals surface area contributed by atoms with Gasteiger partial charge in [-0.3, -0.25) is 0 Å². The van der Waals surface area contributed by atoms with Crippen LogP contribution in [0, 0.1) is 0 Å². The quantitative estimate of drug-likeness (QED) is 0.656. The second-order valence-corrected chi connectivity index (χ2v) is 6.26.